The molecule has 0 saturated heterocycles. The molecule has 0 spiro atoms. The standard InChI is InChI=1S/C21H29BrFN5OS/c1-4-18(27(2)3)20-25-26-21(28(20)15-8-6-5-7-9-15)30-13-19(29)24-17-11-10-14(22)12-16(17)23/h10-12,15,18H,4-9,13H2,1-3H3,(H,24,29). The van der Waals surface area contributed by atoms with Gasteiger partial charge in [-0.2, -0.15) is 0 Å². The van der Waals surface area contributed by atoms with E-state index in [1.165, 1.54) is 37.1 Å². The summed E-state index contributed by atoms with van der Waals surface area (Å²) < 4.78 is 16.9. The fourth-order valence-electron chi connectivity index (χ4n) is 3.98. The summed E-state index contributed by atoms with van der Waals surface area (Å²) in [6.45, 7) is 2.15. The average molecular weight is 498 g/mol. The van der Waals surface area contributed by atoms with E-state index < -0.39 is 5.82 Å². The van der Waals surface area contributed by atoms with Crippen LogP contribution in [-0.4, -0.2) is 45.4 Å². The van der Waals surface area contributed by atoms with Crippen molar-refractivity contribution in [2.75, 3.05) is 25.2 Å². The molecule has 1 atom stereocenters. The Morgan fingerprint density at radius 1 is 1.33 bits per heavy atom. The van der Waals surface area contributed by atoms with Crippen molar-refractivity contribution in [2.24, 2.45) is 0 Å². The Kier molecular flexibility index (Phi) is 8.30. The Morgan fingerprint density at radius 2 is 2.07 bits per heavy atom. The van der Waals surface area contributed by atoms with Crippen LogP contribution < -0.4 is 5.32 Å². The molecule has 1 aromatic carbocycles. The summed E-state index contributed by atoms with van der Waals surface area (Å²) in [6.07, 6.45) is 6.83. The maximum absolute atomic E-state index is 14.0. The van der Waals surface area contributed by atoms with E-state index in [4.69, 9.17) is 0 Å². The van der Waals surface area contributed by atoms with E-state index in [2.05, 4.69) is 61.9 Å². The van der Waals surface area contributed by atoms with Crippen LogP contribution in [0.2, 0.25) is 0 Å². The Morgan fingerprint density at radius 3 is 2.70 bits per heavy atom. The van der Waals surface area contributed by atoms with Gasteiger partial charge in [-0.15, -0.1) is 10.2 Å². The first kappa shape index (κ1) is 23.2. The van der Waals surface area contributed by atoms with Crippen LogP contribution in [0.1, 0.15) is 63.4 Å². The van der Waals surface area contributed by atoms with Crippen LogP contribution in [0.3, 0.4) is 0 Å². The number of benzene rings is 1. The predicted molar refractivity (Wildman–Crippen MR) is 122 cm³/mol. The van der Waals surface area contributed by atoms with Crippen LogP contribution in [0, 0.1) is 5.82 Å². The van der Waals surface area contributed by atoms with Gasteiger partial charge in [0.2, 0.25) is 5.91 Å². The zero-order chi connectivity index (χ0) is 21.7. The predicted octanol–water partition coefficient (Wildman–Crippen LogP) is 5.43. The Balaban J connectivity index is 1.76. The topological polar surface area (TPSA) is 63.1 Å². The van der Waals surface area contributed by atoms with E-state index in [9.17, 15) is 9.18 Å². The number of amides is 1. The number of halogens is 2. The molecule has 30 heavy (non-hydrogen) atoms. The van der Waals surface area contributed by atoms with Gasteiger partial charge in [0.05, 0.1) is 17.5 Å². The van der Waals surface area contributed by atoms with Crippen LogP contribution in [0.25, 0.3) is 0 Å². The highest BCUT2D eigenvalue weighted by Gasteiger charge is 2.28. The van der Waals surface area contributed by atoms with E-state index in [1.807, 2.05) is 0 Å². The summed E-state index contributed by atoms with van der Waals surface area (Å²) >= 11 is 4.59. The normalized spacial score (nSPS) is 16.1. The van der Waals surface area contributed by atoms with Crippen molar-refractivity contribution in [3.8, 4) is 0 Å². The van der Waals surface area contributed by atoms with Gasteiger partial charge in [0.1, 0.15) is 5.82 Å². The Labute approximate surface area is 190 Å². The van der Waals surface area contributed by atoms with Gasteiger partial charge in [-0.3, -0.25) is 9.69 Å². The van der Waals surface area contributed by atoms with Crippen LogP contribution in [0.15, 0.2) is 27.8 Å². The molecule has 0 bridgehead atoms. The largest absolute Gasteiger partial charge is 0.323 e. The SMILES string of the molecule is CCC(c1nnc(SCC(=O)Nc2ccc(Br)cc2F)n1C1CCCCC1)N(C)C. The van der Waals surface area contributed by atoms with E-state index in [1.54, 1.807) is 12.1 Å². The summed E-state index contributed by atoms with van der Waals surface area (Å²) in [4.78, 5) is 14.6. The minimum absolute atomic E-state index is 0.152. The molecule has 1 aliphatic carbocycles. The number of nitrogens with one attached hydrogen (secondary N) is 1. The van der Waals surface area contributed by atoms with Crippen molar-refractivity contribution in [1.82, 2.24) is 19.7 Å². The molecule has 1 N–H and O–H groups in total. The molecular weight excluding hydrogens is 469 g/mol. The van der Waals surface area contributed by atoms with Gasteiger partial charge >= 0.3 is 0 Å². The Bertz CT molecular complexity index is 869. The van der Waals surface area contributed by atoms with Gasteiger partial charge in [-0.25, -0.2) is 4.39 Å². The molecule has 164 valence electrons. The number of carbonyl (C=O) groups excluding carboxylic acids is 1. The summed E-state index contributed by atoms with van der Waals surface area (Å²) in [7, 11) is 4.11. The second kappa shape index (κ2) is 10.7. The molecule has 1 aromatic heterocycles. The Hall–Kier alpha value is -1.45. The second-order valence-corrected chi connectivity index (χ2v) is 9.71. The third kappa shape index (κ3) is 5.62. The van der Waals surface area contributed by atoms with Crippen molar-refractivity contribution in [1.29, 1.82) is 0 Å². The fourth-order valence-corrected chi connectivity index (χ4v) is 5.13. The first-order valence-corrected chi connectivity index (χ1v) is 12.2. The molecule has 2 aromatic rings. The molecule has 3 rings (SSSR count). The monoisotopic (exact) mass is 497 g/mol. The highest BCUT2D eigenvalue weighted by molar-refractivity contribution is 9.10. The number of anilines is 1. The van der Waals surface area contributed by atoms with Gasteiger partial charge in [0, 0.05) is 10.5 Å². The summed E-state index contributed by atoms with van der Waals surface area (Å²) in [5.41, 5.74) is 0.178. The highest BCUT2D eigenvalue weighted by Crippen LogP contribution is 2.35. The minimum Gasteiger partial charge on any atom is -0.323 e. The lowest BCUT2D eigenvalue weighted by atomic mass is 9.95. The fraction of sp³-hybridized carbons (Fsp3) is 0.571. The van der Waals surface area contributed by atoms with Crippen molar-refractivity contribution < 1.29 is 9.18 Å². The van der Waals surface area contributed by atoms with Crippen molar-refractivity contribution in [3.05, 3.63) is 34.3 Å². The van der Waals surface area contributed by atoms with Gasteiger partial charge in [0.15, 0.2) is 11.0 Å². The molecule has 1 heterocycles. The van der Waals surface area contributed by atoms with Gasteiger partial charge < -0.3 is 9.88 Å². The number of aromatic nitrogens is 3. The lowest BCUT2D eigenvalue weighted by Crippen LogP contribution is -2.26. The molecule has 1 fully saturated rings. The first-order chi connectivity index (χ1) is 14.4. The third-order valence-corrected chi connectivity index (χ3v) is 6.91. The molecule has 1 aliphatic rings. The maximum atomic E-state index is 14.0. The number of hydrogen-bond acceptors (Lipinski definition) is 5. The van der Waals surface area contributed by atoms with E-state index >= 15 is 0 Å². The van der Waals surface area contributed by atoms with Gasteiger partial charge in [0.25, 0.3) is 0 Å². The van der Waals surface area contributed by atoms with Crippen molar-refractivity contribution in [2.45, 2.75) is 62.7 Å². The lowest BCUT2D eigenvalue weighted by molar-refractivity contribution is -0.113. The molecule has 1 saturated carbocycles. The van der Waals surface area contributed by atoms with Crippen LogP contribution in [-0.2, 0) is 4.79 Å². The van der Waals surface area contributed by atoms with Crippen LogP contribution in [0.5, 0.6) is 0 Å². The quantitative estimate of drug-likeness (QED) is 0.492. The number of thioether (sulfide) groups is 1. The average Bonchev–Trinajstić information content (AvgIpc) is 3.13. The summed E-state index contributed by atoms with van der Waals surface area (Å²) in [5.74, 6) is 0.392. The zero-order valence-electron chi connectivity index (χ0n) is 17.7. The molecule has 0 radical (unpaired) electrons. The van der Waals surface area contributed by atoms with Crippen molar-refractivity contribution in [3.63, 3.8) is 0 Å². The highest BCUT2D eigenvalue weighted by atomic mass is 79.9. The molecule has 0 aliphatic heterocycles. The molecule has 9 heteroatoms. The molecule has 6 nitrogen and oxygen atoms in total. The molecule has 1 amide bonds. The third-order valence-electron chi connectivity index (χ3n) is 5.48. The lowest BCUT2D eigenvalue weighted by Gasteiger charge is -2.29. The number of hydrogen-bond donors (Lipinski definition) is 1. The number of rotatable bonds is 8. The van der Waals surface area contributed by atoms with Crippen LogP contribution >= 0.6 is 27.7 Å². The smallest absolute Gasteiger partial charge is 0.234 e. The summed E-state index contributed by atoms with van der Waals surface area (Å²) in [5, 5.41) is 12.4. The first-order valence-electron chi connectivity index (χ1n) is 10.4. The molecule has 1 unspecified atom stereocenters. The van der Waals surface area contributed by atoms with Gasteiger partial charge in [-0.05, 0) is 51.6 Å². The second-order valence-electron chi connectivity index (χ2n) is 7.85. The van der Waals surface area contributed by atoms with E-state index in [0.717, 1.165) is 30.2 Å². The van der Waals surface area contributed by atoms with Gasteiger partial charge in [-0.1, -0.05) is 53.9 Å². The molecular formula is C21H29BrFN5OS. The van der Waals surface area contributed by atoms with E-state index in [0.29, 0.717) is 10.5 Å². The zero-order valence-corrected chi connectivity index (χ0v) is 20.1. The summed E-state index contributed by atoms with van der Waals surface area (Å²) in [6, 6.07) is 5.13. The number of carbonyl (C=O) groups is 1. The number of nitrogens with zero attached hydrogens (tertiary/aromatic N) is 4. The van der Waals surface area contributed by atoms with E-state index in [-0.39, 0.29) is 23.4 Å². The maximum Gasteiger partial charge on any atom is 0.234 e. The minimum atomic E-state index is -0.466. The van der Waals surface area contributed by atoms with Crippen molar-refractivity contribution >= 4 is 39.3 Å². The van der Waals surface area contributed by atoms with Crippen LogP contribution in [0.4, 0.5) is 10.1 Å².